The molecule has 0 fully saturated rings. The van der Waals surface area contributed by atoms with E-state index in [0.29, 0.717) is 11.3 Å². The van der Waals surface area contributed by atoms with E-state index in [1.54, 1.807) is 18.3 Å². The van der Waals surface area contributed by atoms with Crippen LogP contribution in [0.25, 0.3) is 10.9 Å². The molecule has 5 heteroatoms. The van der Waals surface area contributed by atoms with Crippen LogP contribution < -0.4 is 10.1 Å². The molecule has 0 atom stereocenters. The summed E-state index contributed by atoms with van der Waals surface area (Å²) in [6.45, 7) is 0.271. The van der Waals surface area contributed by atoms with Gasteiger partial charge in [0.2, 0.25) is 0 Å². The van der Waals surface area contributed by atoms with E-state index in [-0.39, 0.29) is 13.0 Å². The number of nitrogens with zero attached hydrogens (tertiary/aromatic N) is 2. The molecule has 0 radical (unpaired) electrons. The molecule has 5 nitrogen and oxygen atoms in total. The predicted molar refractivity (Wildman–Crippen MR) is 66.0 cm³/mol. The zero-order valence-electron chi connectivity index (χ0n) is 9.59. The number of nitrogens with one attached hydrogen (secondary N) is 1. The zero-order chi connectivity index (χ0) is 12.8. The molecule has 2 rings (SSSR count). The Labute approximate surface area is 104 Å². The highest BCUT2D eigenvalue weighted by molar-refractivity contribution is 5.86. The number of fused-ring (bicyclic) bond motifs is 1. The van der Waals surface area contributed by atoms with Crippen molar-refractivity contribution in [2.24, 2.45) is 0 Å². The van der Waals surface area contributed by atoms with E-state index >= 15 is 0 Å². The van der Waals surface area contributed by atoms with Crippen molar-refractivity contribution in [1.82, 2.24) is 10.3 Å². The van der Waals surface area contributed by atoms with Crippen LogP contribution in [0.3, 0.4) is 0 Å². The second-order valence-corrected chi connectivity index (χ2v) is 3.56. The fourth-order valence-electron chi connectivity index (χ4n) is 1.51. The fourth-order valence-corrected chi connectivity index (χ4v) is 1.51. The number of carbonyl (C=O) groups excluding carboxylic acids is 1. The molecule has 0 saturated carbocycles. The number of carbonyl (C=O) groups is 1. The van der Waals surface area contributed by atoms with Gasteiger partial charge >= 0.3 is 6.09 Å². The van der Waals surface area contributed by atoms with E-state index in [2.05, 4.69) is 10.3 Å². The van der Waals surface area contributed by atoms with E-state index in [4.69, 9.17) is 10.00 Å². The zero-order valence-corrected chi connectivity index (χ0v) is 9.59. The number of hydrogen-bond donors (Lipinski definition) is 1. The maximum absolute atomic E-state index is 11.5. The molecule has 1 aromatic heterocycles. The van der Waals surface area contributed by atoms with Gasteiger partial charge in [-0.3, -0.25) is 4.98 Å². The minimum Gasteiger partial charge on any atom is -0.408 e. The van der Waals surface area contributed by atoms with Crippen LogP contribution in [0.2, 0.25) is 0 Å². The maximum atomic E-state index is 11.5. The number of ether oxygens (including phenoxy) is 1. The number of rotatable bonds is 3. The average molecular weight is 241 g/mol. The first-order valence-electron chi connectivity index (χ1n) is 5.47. The minimum atomic E-state index is -0.580. The lowest BCUT2D eigenvalue weighted by Gasteiger charge is -2.07. The summed E-state index contributed by atoms with van der Waals surface area (Å²) in [5.41, 5.74) is 0.635. The summed E-state index contributed by atoms with van der Waals surface area (Å²) in [5.74, 6) is 0.405. The molecule has 0 spiro atoms. The quantitative estimate of drug-likeness (QED) is 0.836. The predicted octanol–water partition coefficient (Wildman–Crippen LogP) is 2.24. The highest BCUT2D eigenvalue weighted by Crippen LogP contribution is 2.22. The molecule has 18 heavy (non-hydrogen) atoms. The Morgan fingerprint density at radius 3 is 3.06 bits per heavy atom. The van der Waals surface area contributed by atoms with E-state index in [9.17, 15) is 4.79 Å². The average Bonchev–Trinajstić information content (AvgIpc) is 2.39. The van der Waals surface area contributed by atoms with Crippen LogP contribution >= 0.6 is 0 Å². The van der Waals surface area contributed by atoms with Crippen LogP contribution in [0.4, 0.5) is 4.79 Å². The summed E-state index contributed by atoms with van der Waals surface area (Å²) in [7, 11) is 0. The Balaban J connectivity index is 2.12. The molecule has 0 unspecified atom stereocenters. The summed E-state index contributed by atoms with van der Waals surface area (Å²) >= 11 is 0. The van der Waals surface area contributed by atoms with E-state index in [0.717, 1.165) is 5.39 Å². The number of aromatic nitrogens is 1. The highest BCUT2D eigenvalue weighted by atomic mass is 16.6. The van der Waals surface area contributed by atoms with Gasteiger partial charge in [0.25, 0.3) is 0 Å². The molecular weight excluding hydrogens is 230 g/mol. The molecule has 1 N–H and O–H groups in total. The number of para-hydroxylation sites is 1. The van der Waals surface area contributed by atoms with Gasteiger partial charge in [0.1, 0.15) is 5.52 Å². The molecule has 0 aliphatic rings. The first kappa shape index (κ1) is 11.9. The molecule has 1 heterocycles. The fraction of sp³-hybridized carbons (Fsp3) is 0.154. The third-order valence-corrected chi connectivity index (χ3v) is 2.30. The van der Waals surface area contributed by atoms with Gasteiger partial charge in [-0.05, 0) is 12.1 Å². The Hall–Kier alpha value is -2.61. The summed E-state index contributed by atoms with van der Waals surface area (Å²) in [4.78, 5) is 15.6. The molecular formula is C13H11N3O2. The molecule has 1 amide bonds. The summed E-state index contributed by atoms with van der Waals surface area (Å²) < 4.78 is 5.15. The van der Waals surface area contributed by atoms with Gasteiger partial charge in [-0.1, -0.05) is 18.2 Å². The number of amides is 1. The Kier molecular flexibility index (Phi) is 3.72. The van der Waals surface area contributed by atoms with Crippen molar-refractivity contribution in [3.05, 3.63) is 36.5 Å². The molecule has 0 aliphatic heterocycles. The SMILES string of the molecule is N#CCCNC(=O)Oc1cccc2cccnc12. The van der Waals surface area contributed by atoms with E-state index < -0.39 is 6.09 Å². The lowest BCUT2D eigenvalue weighted by atomic mass is 10.2. The van der Waals surface area contributed by atoms with Crippen molar-refractivity contribution in [2.75, 3.05) is 6.54 Å². The van der Waals surface area contributed by atoms with Crippen LogP contribution in [-0.2, 0) is 0 Å². The van der Waals surface area contributed by atoms with Crippen LogP contribution in [-0.4, -0.2) is 17.6 Å². The van der Waals surface area contributed by atoms with Gasteiger partial charge in [0, 0.05) is 18.1 Å². The first-order valence-corrected chi connectivity index (χ1v) is 5.47. The van der Waals surface area contributed by atoms with E-state index in [1.807, 2.05) is 24.3 Å². The third kappa shape index (κ3) is 2.74. The first-order chi connectivity index (χ1) is 8.81. The van der Waals surface area contributed by atoms with Crippen molar-refractivity contribution in [3.8, 4) is 11.8 Å². The van der Waals surface area contributed by atoms with Gasteiger partial charge in [0.15, 0.2) is 5.75 Å². The Morgan fingerprint density at radius 2 is 2.22 bits per heavy atom. The monoisotopic (exact) mass is 241 g/mol. The lowest BCUT2D eigenvalue weighted by molar-refractivity contribution is 0.201. The highest BCUT2D eigenvalue weighted by Gasteiger charge is 2.07. The normalized spacial score (nSPS) is 9.72. The second-order valence-electron chi connectivity index (χ2n) is 3.56. The number of nitriles is 1. The Morgan fingerprint density at radius 1 is 1.39 bits per heavy atom. The molecule has 2 aromatic rings. The van der Waals surface area contributed by atoms with Gasteiger partial charge < -0.3 is 10.1 Å². The van der Waals surface area contributed by atoms with Gasteiger partial charge in [-0.2, -0.15) is 5.26 Å². The van der Waals surface area contributed by atoms with Crippen molar-refractivity contribution in [2.45, 2.75) is 6.42 Å². The van der Waals surface area contributed by atoms with Gasteiger partial charge in [-0.15, -0.1) is 0 Å². The number of pyridine rings is 1. The summed E-state index contributed by atoms with van der Waals surface area (Å²) in [6.07, 6.45) is 1.31. The van der Waals surface area contributed by atoms with Crippen molar-refractivity contribution < 1.29 is 9.53 Å². The smallest absolute Gasteiger partial charge is 0.408 e. The Bertz CT molecular complexity index is 599. The number of benzene rings is 1. The van der Waals surface area contributed by atoms with Crippen LogP contribution in [0, 0.1) is 11.3 Å². The van der Waals surface area contributed by atoms with E-state index in [1.165, 1.54) is 0 Å². The van der Waals surface area contributed by atoms with Crippen molar-refractivity contribution in [3.63, 3.8) is 0 Å². The topological polar surface area (TPSA) is 75.0 Å². The largest absolute Gasteiger partial charge is 0.412 e. The second kappa shape index (κ2) is 5.64. The molecule has 0 saturated heterocycles. The number of hydrogen-bond acceptors (Lipinski definition) is 4. The summed E-state index contributed by atoms with van der Waals surface area (Å²) in [5, 5.41) is 11.7. The van der Waals surface area contributed by atoms with Crippen LogP contribution in [0.1, 0.15) is 6.42 Å². The van der Waals surface area contributed by atoms with Gasteiger partial charge in [0.05, 0.1) is 12.5 Å². The lowest BCUT2D eigenvalue weighted by Crippen LogP contribution is -2.27. The van der Waals surface area contributed by atoms with Crippen molar-refractivity contribution in [1.29, 1.82) is 5.26 Å². The third-order valence-electron chi connectivity index (χ3n) is 2.30. The maximum Gasteiger partial charge on any atom is 0.412 e. The van der Waals surface area contributed by atoms with Crippen molar-refractivity contribution >= 4 is 17.0 Å². The minimum absolute atomic E-state index is 0.253. The standard InChI is InChI=1S/C13H11N3O2/c14-7-3-9-16-13(17)18-11-6-1-4-10-5-2-8-15-12(10)11/h1-2,4-6,8H,3,9H2,(H,16,17). The molecule has 0 bridgehead atoms. The van der Waals surface area contributed by atoms with Crippen LogP contribution in [0.5, 0.6) is 5.75 Å². The molecule has 90 valence electrons. The van der Waals surface area contributed by atoms with Crippen LogP contribution in [0.15, 0.2) is 36.5 Å². The molecule has 1 aromatic carbocycles. The summed E-state index contributed by atoms with van der Waals surface area (Å²) in [6, 6.07) is 11.0. The van der Waals surface area contributed by atoms with Gasteiger partial charge in [-0.25, -0.2) is 4.79 Å². The molecule has 0 aliphatic carbocycles.